The summed E-state index contributed by atoms with van der Waals surface area (Å²) in [7, 11) is 0. The number of furan rings is 1. The van der Waals surface area contributed by atoms with Crippen LogP contribution in [0.1, 0.15) is 16.1 Å². The summed E-state index contributed by atoms with van der Waals surface area (Å²) >= 11 is 0. The average Bonchev–Trinajstić information content (AvgIpc) is 3.23. The molecule has 0 aliphatic heterocycles. The van der Waals surface area contributed by atoms with Crippen molar-refractivity contribution in [1.82, 2.24) is 15.6 Å². The fraction of sp³-hybridized carbons (Fsp3) is 0.176. The number of hydrogen-bond donors (Lipinski definition) is 3. The van der Waals surface area contributed by atoms with Crippen LogP contribution in [0.3, 0.4) is 0 Å². The number of para-hydroxylation sites is 1. The number of carbonyl (C=O) groups is 2. The number of aromatic nitrogens is 1. The molecule has 0 aliphatic rings. The molecule has 0 aliphatic carbocycles. The number of nitrogens with one attached hydrogen (secondary N) is 3. The van der Waals surface area contributed by atoms with Crippen LogP contribution in [0, 0.1) is 0 Å². The molecule has 3 rings (SSSR count). The minimum Gasteiger partial charge on any atom is -0.459 e. The topological polar surface area (TPSA) is 87.1 Å². The van der Waals surface area contributed by atoms with E-state index >= 15 is 0 Å². The lowest BCUT2D eigenvalue weighted by atomic mass is 10.1. The van der Waals surface area contributed by atoms with Crippen LogP contribution in [0.5, 0.6) is 0 Å². The Labute approximate surface area is 132 Å². The highest BCUT2D eigenvalue weighted by molar-refractivity contribution is 5.94. The molecular weight excluding hydrogens is 294 g/mol. The van der Waals surface area contributed by atoms with Crippen LogP contribution in [0.2, 0.25) is 0 Å². The summed E-state index contributed by atoms with van der Waals surface area (Å²) in [6, 6.07) is 11.2. The van der Waals surface area contributed by atoms with E-state index in [0.29, 0.717) is 6.54 Å². The van der Waals surface area contributed by atoms with Gasteiger partial charge < -0.3 is 20.0 Å². The zero-order valence-corrected chi connectivity index (χ0v) is 12.5. The van der Waals surface area contributed by atoms with Crippen molar-refractivity contribution < 1.29 is 14.0 Å². The van der Waals surface area contributed by atoms with Gasteiger partial charge in [0.25, 0.3) is 5.91 Å². The minimum absolute atomic E-state index is 0.0760. The molecule has 0 saturated carbocycles. The summed E-state index contributed by atoms with van der Waals surface area (Å²) in [5.41, 5.74) is 2.24. The number of carbonyl (C=O) groups excluding carboxylic acids is 2. The number of fused-ring (bicyclic) bond motifs is 1. The van der Waals surface area contributed by atoms with Gasteiger partial charge >= 0.3 is 0 Å². The summed E-state index contributed by atoms with van der Waals surface area (Å²) in [5, 5.41) is 6.46. The van der Waals surface area contributed by atoms with Crippen molar-refractivity contribution in [1.29, 1.82) is 0 Å². The summed E-state index contributed by atoms with van der Waals surface area (Å²) < 4.78 is 4.95. The Morgan fingerprint density at radius 3 is 2.78 bits per heavy atom. The molecule has 0 unspecified atom stereocenters. The Balaban J connectivity index is 1.43. The maximum atomic E-state index is 11.7. The molecule has 3 aromatic rings. The van der Waals surface area contributed by atoms with Gasteiger partial charge in [0.1, 0.15) is 0 Å². The Bertz CT molecular complexity index is 805. The van der Waals surface area contributed by atoms with Gasteiger partial charge in [-0.1, -0.05) is 18.2 Å². The Kier molecular flexibility index (Phi) is 4.42. The van der Waals surface area contributed by atoms with Crippen LogP contribution in [0.15, 0.2) is 53.3 Å². The normalized spacial score (nSPS) is 10.6. The molecule has 0 bridgehead atoms. The molecule has 0 atom stereocenters. The summed E-state index contributed by atoms with van der Waals surface area (Å²) in [6.07, 6.45) is 4.09. The van der Waals surface area contributed by atoms with E-state index in [0.717, 1.165) is 22.9 Å². The third-order valence-corrected chi connectivity index (χ3v) is 3.55. The van der Waals surface area contributed by atoms with Crippen LogP contribution < -0.4 is 10.6 Å². The Morgan fingerprint density at radius 1 is 1.09 bits per heavy atom. The largest absolute Gasteiger partial charge is 0.459 e. The quantitative estimate of drug-likeness (QED) is 0.649. The van der Waals surface area contributed by atoms with E-state index < -0.39 is 5.91 Å². The molecule has 0 saturated heterocycles. The standard InChI is InChI=1S/C17H17N3O3/c21-16(11-20-17(22)15-6-3-9-23-15)18-8-7-12-10-19-14-5-2-1-4-13(12)14/h1-6,9-10,19H,7-8,11H2,(H,18,21)(H,20,22). The lowest BCUT2D eigenvalue weighted by molar-refractivity contribution is -0.120. The molecule has 2 aromatic heterocycles. The molecule has 0 radical (unpaired) electrons. The van der Waals surface area contributed by atoms with E-state index in [1.165, 1.54) is 6.26 Å². The van der Waals surface area contributed by atoms with Gasteiger partial charge in [-0.25, -0.2) is 0 Å². The van der Waals surface area contributed by atoms with Gasteiger partial charge in [0, 0.05) is 23.6 Å². The van der Waals surface area contributed by atoms with Crippen molar-refractivity contribution in [3.63, 3.8) is 0 Å². The van der Waals surface area contributed by atoms with Crippen molar-refractivity contribution in [2.24, 2.45) is 0 Å². The average molecular weight is 311 g/mol. The van der Waals surface area contributed by atoms with E-state index in [1.54, 1.807) is 12.1 Å². The van der Waals surface area contributed by atoms with Crippen LogP contribution in [-0.4, -0.2) is 29.9 Å². The van der Waals surface area contributed by atoms with Crippen molar-refractivity contribution >= 4 is 22.7 Å². The maximum absolute atomic E-state index is 11.7. The highest BCUT2D eigenvalue weighted by atomic mass is 16.3. The highest BCUT2D eigenvalue weighted by Crippen LogP contribution is 2.17. The monoisotopic (exact) mass is 311 g/mol. The summed E-state index contributed by atoms with van der Waals surface area (Å²) in [6.45, 7) is 0.435. The number of hydrogen-bond acceptors (Lipinski definition) is 3. The second-order valence-electron chi connectivity index (χ2n) is 5.12. The summed E-state index contributed by atoms with van der Waals surface area (Å²) in [4.78, 5) is 26.6. The first-order valence-electron chi connectivity index (χ1n) is 7.37. The lowest BCUT2D eigenvalue weighted by Crippen LogP contribution is -2.37. The van der Waals surface area contributed by atoms with Crippen LogP contribution in [0.4, 0.5) is 0 Å². The van der Waals surface area contributed by atoms with Crippen molar-refractivity contribution in [3.8, 4) is 0 Å². The van der Waals surface area contributed by atoms with Gasteiger partial charge in [-0.15, -0.1) is 0 Å². The van der Waals surface area contributed by atoms with E-state index in [4.69, 9.17) is 4.42 Å². The highest BCUT2D eigenvalue weighted by Gasteiger charge is 2.10. The maximum Gasteiger partial charge on any atom is 0.287 e. The fourth-order valence-corrected chi connectivity index (χ4v) is 2.39. The molecule has 6 heteroatoms. The van der Waals surface area contributed by atoms with E-state index in [1.807, 2.05) is 30.5 Å². The van der Waals surface area contributed by atoms with Gasteiger partial charge in [0.05, 0.1) is 12.8 Å². The first-order chi connectivity index (χ1) is 11.2. The molecule has 0 fully saturated rings. The van der Waals surface area contributed by atoms with E-state index in [2.05, 4.69) is 15.6 Å². The van der Waals surface area contributed by atoms with Crippen molar-refractivity contribution in [2.45, 2.75) is 6.42 Å². The first-order valence-corrected chi connectivity index (χ1v) is 7.37. The fourth-order valence-electron chi connectivity index (χ4n) is 2.39. The number of benzene rings is 1. The van der Waals surface area contributed by atoms with Crippen LogP contribution in [-0.2, 0) is 11.2 Å². The van der Waals surface area contributed by atoms with Gasteiger partial charge in [-0.05, 0) is 30.2 Å². The van der Waals surface area contributed by atoms with Crippen molar-refractivity contribution in [2.75, 3.05) is 13.1 Å². The smallest absolute Gasteiger partial charge is 0.287 e. The SMILES string of the molecule is O=C(CNC(=O)c1ccco1)NCCc1c[nH]c2ccccc12. The summed E-state index contributed by atoms with van der Waals surface area (Å²) in [5.74, 6) is -0.442. The molecule has 3 N–H and O–H groups in total. The van der Waals surface area contributed by atoms with Crippen LogP contribution >= 0.6 is 0 Å². The molecule has 118 valence electrons. The number of aromatic amines is 1. The molecule has 2 heterocycles. The molecule has 0 spiro atoms. The minimum atomic E-state index is -0.401. The zero-order valence-electron chi connectivity index (χ0n) is 12.5. The Hall–Kier alpha value is -3.02. The second kappa shape index (κ2) is 6.83. The molecule has 23 heavy (non-hydrogen) atoms. The molecule has 2 amide bonds. The number of amides is 2. The van der Waals surface area contributed by atoms with Gasteiger partial charge in [-0.3, -0.25) is 9.59 Å². The van der Waals surface area contributed by atoms with Gasteiger partial charge in [0.2, 0.25) is 5.91 Å². The van der Waals surface area contributed by atoms with E-state index in [9.17, 15) is 9.59 Å². The van der Waals surface area contributed by atoms with E-state index in [-0.39, 0.29) is 18.2 Å². The second-order valence-corrected chi connectivity index (χ2v) is 5.12. The molecule has 1 aromatic carbocycles. The third-order valence-electron chi connectivity index (χ3n) is 3.55. The number of H-pyrrole nitrogens is 1. The zero-order chi connectivity index (χ0) is 16.1. The predicted molar refractivity (Wildman–Crippen MR) is 86.1 cm³/mol. The van der Waals surface area contributed by atoms with Gasteiger partial charge in [-0.2, -0.15) is 0 Å². The predicted octanol–water partition coefficient (Wildman–Crippen LogP) is 1.85. The van der Waals surface area contributed by atoms with Crippen molar-refractivity contribution in [3.05, 3.63) is 60.2 Å². The molecule has 6 nitrogen and oxygen atoms in total. The van der Waals surface area contributed by atoms with Crippen LogP contribution in [0.25, 0.3) is 10.9 Å². The van der Waals surface area contributed by atoms with Gasteiger partial charge in [0.15, 0.2) is 5.76 Å². The molecular formula is C17H17N3O3. The first kappa shape index (κ1) is 14.9. The lowest BCUT2D eigenvalue weighted by Gasteiger charge is -2.05. The Morgan fingerprint density at radius 2 is 1.96 bits per heavy atom. The third kappa shape index (κ3) is 3.60. The number of rotatable bonds is 6.